The summed E-state index contributed by atoms with van der Waals surface area (Å²) in [5.41, 5.74) is 2.35. The van der Waals surface area contributed by atoms with Crippen molar-refractivity contribution in [3.8, 4) is 0 Å². The van der Waals surface area contributed by atoms with Crippen LogP contribution in [0.3, 0.4) is 0 Å². The Labute approximate surface area is 128 Å². The van der Waals surface area contributed by atoms with Crippen LogP contribution in [0.2, 0.25) is 0 Å². The maximum atomic E-state index is 4.55. The van der Waals surface area contributed by atoms with E-state index in [1.54, 1.807) is 0 Å². The molecule has 2 rings (SSSR count). The van der Waals surface area contributed by atoms with Crippen LogP contribution in [0.5, 0.6) is 0 Å². The first-order valence-corrected chi connectivity index (χ1v) is 7.92. The van der Waals surface area contributed by atoms with Crippen molar-refractivity contribution in [1.29, 1.82) is 0 Å². The van der Waals surface area contributed by atoms with Crippen molar-refractivity contribution < 1.29 is 0 Å². The second-order valence-corrected chi connectivity index (χ2v) is 5.92. The number of benzene rings is 1. The second-order valence-electron chi connectivity index (χ2n) is 5.92. The van der Waals surface area contributed by atoms with Crippen LogP contribution in [0.4, 0.5) is 0 Å². The van der Waals surface area contributed by atoms with Crippen LogP contribution < -0.4 is 5.32 Å². The molecule has 21 heavy (non-hydrogen) atoms. The molecule has 2 heteroatoms. The van der Waals surface area contributed by atoms with Gasteiger partial charge in [0.15, 0.2) is 0 Å². The maximum absolute atomic E-state index is 4.55. The van der Waals surface area contributed by atoms with Crippen molar-refractivity contribution in [3.05, 3.63) is 66.0 Å². The average molecular weight is 282 g/mol. The summed E-state index contributed by atoms with van der Waals surface area (Å²) in [6.45, 7) is 6.84. The third-order valence-corrected chi connectivity index (χ3v) is 4.02. The molecule has 0 bridgehead atoms. The molecule has 0 aliphatic carbocycles. The monoisotopic (exact) mass is 282 g/mol. The van der Waals surface area contributed by atoms with Gasteiger partial charge >= 0.3 is 0 Å². The minimum absolute atomic E-state index is 0.159. The minimum Gasteiger partial charge on any atom is -0.302 e. The van der Waals surface area contributed by atoms with Gasteiger partial charge in [-0.1, -0.05) is 56.7 Å². The van der Waals surface area contributed by atoms with E-state index in [9.17, 15) is 0 Å². The smallest absolute Gasteiger partial charge is 0.0753 e. The maximum Gasteiger partial charge on any atom is 0.0753 e. The predicted molar refractivity (Wildman–Crippen MR) is 89.2 cm³/mol. The number of nitrogens with one attached hydrogen (secondary N) is 1. The Balaban J connectivity index is 2.17. The zero-order valence-corrected chi connectivity index (χ0v) is 13.3. The first kappa shape index (κ1) is 15.7. The Bertz CT molecular complexity index is 470. The number of aromatic nitrogens is 1. The molecule has 0 fully saturated rings. The van der Waals surface area contributed by atoms with Crippen LogP contribution >= 0.6 is 0 Å². The van der Waals surface area contributed by atoms with E-state index in [1.165, 1.54) is 18.4 Å². The van der Waals surface area contributed by atoms with E-state index in [0.717, 1.165) is 11.6 Å². The van der Waals surface area contributed by atoms with Crippen LogP contribution in [-0.2, 0) is 0 Å². The molecular weight excluding hydrogens is 256 g/mol. The standard InChI is InChI=1S/C19H26N2/c1-4-15(2)14-16(3)21-19(17-10-6-5-7-11-17)18-12-8-9-13-20-18/h5-13,15-16,19,21H,4,14H2,1-3H3. The highest BCUT2D eigenvalue weighted by Gasteiger charge is 2.18. The lowest BCUT2D eigenvalue weighted by Gasteiger charge is -2.25. The first-order chi connectivity index (χ1) is 10.2. The van der Waals surface area contributed by atoms with Crippen molar-refractivity contribution in [2.24, 2.45) is 5.92 Å². The van der Waals surface area contributed by atoms with E-state index in [0.29, 0.717) is 6.04 Å². The zero-order valence-electron chi connectivity index (χ0n) is 13.3. The van der Waals surface area contributed by atoms with E-state index < -0.39 is 0 Å². The normalized spacial score (nSPS) is 15.4. The van der Waals surface area contributed by atoms with Crippen molar-refractivity contribution in [1.82, 2.24) is 10.3 Å². The number of hydrogen-bond donors (Lipinski definition) is 1. The molecule has 0 saturated heterocycles. The van der Waals surface area contributed by atoms with Gasteiger partial charge in [0.1, 0.15) is 0 Å². The van der Waals surface area contributed by atoms with Gasteiger partial charge in [-0.05, 0) is 37.0 Å². The molecule has 112 valence electrons. The molecule has 2 nitrogen and oxygen atoms in total. The van der Waals surface area contributed by atoms with Gasteiger partial charge in [-0.15, -0.1) is 0 Å². The second kappa shape index (κ2) is 7.94. The Morgan fingerprint density at radius 3 is 2.33 bits per heavy atom. The van der Waals surface area contributed by atoms with Crippen LogP contribution in [0, 0.1) is 5.92 Å². The fourth-order valence-electron chi connectivity index (χ4n) is 2.67. The van der Waals surface area contributed by atoms with Gasteiger partial charge in [0, 0.05) is 12.2 Å². The number of hydrogen-bond acceptors (Lipinski definition) is 2. The van der Waals surface area contributed by atoms with Gasteiger partial charge in [-0.2, -0.15) is 0 Å². The van der Waals surface area contributed by atoms with Crippen molar-refractivity contribution in [2.75, 3.05) is 0 Å². The van der Waals surface area contributed by atoms with Gasteiger partial charge in [0.25, 0.3) is 0 Å². The molecule has 0 radical (unpaired) electrons. The van der Waals surface area contributed by atoms with Crippen molar-refractivity contribution >= 4 is 0 Å². The van der Waals surface area contributed by atoms with E-state index in [-0.39, 0.29) is 6.04 Å². The largest absolute Gasteiger partial charge is 0.302 e. The molecule has 0 aliphatic rings. The third kappa shape index (κ3) is 4.68. The Hall–Kier alpha value is -1.67. The van der Waals surface area contributed by atoms with Crippen molar-refractivity contribution in [2.45, 2.75) is 45.7 Å². The molecule has 1 N–H and O–H groups in total. The molecule has 0 spiro atoms. The van der Waals surface area contributed by atoms with E-state index in [1.807, 2.05) is 12.3 Å². The number of rotatable bonds is 7. The van der Waals surface area contributed by atoms with E-state index >= 15 is 0 Å². The molecule has 0 amide bonds. The fourth-order valence-corrected chi connectivity index (χ4v) is 2.67. The summed E-state index contributed by atoms with van der Waals surface area (Å²) in [6.07, 6.45) is 4.28. The summed E-state index contributed by atoms with van der Waals surface area (Å²) >= 11 is 0. The summed E-state index contributed by atoms with van der Waals surface area (Å²) in [6, 6.07) is 17.3. The summed E-state index contributed by atoms with van der Waals surface area (Å²) in [5, 5.41) is 3.75. The van der Waals surface area contributed by atoms with Gasteiger partial charge in [0.05, 0.1) is 11.7 Å². The quantitative estimate of drug-likeness (QED) is 0.803. The molecule has 3 unspecified atom stereocenters. The minimum atomic E-state index is 0.159. The molecule has 0 aliphatic heterocycles. The lowest BCUT2D eigenvalue weighted by atomic mass is 9.97. The van der Waals surface area contributed by atoms with Gasteiger partial charge < -0.3 is 5.32 Å². The molecule has 2 aromatic rings. The predicted octanol–water partition coefficient (Wildman–Crippen LogP) is 4.59. The number of nitrogens with zero attached hydrogens (tertiary/aromatic N) is 1. The van der Waals surface area contributed by atoms with Gasteiger partial charge in [-0.3, -0.25) is 4.98 Å². The lowest BCUT2D eigenvalue weighted by molar-refractivity contribution is 0.391. The Kier molecular flexibility index (Phi) is 5.94. The summed E-state index contributed by atoms with van der Waals surface area (Å²) in [5.74, 6) is 0.743. The molecule has 3 atom stereocenters. The lowest BCUT2D eigenvalue weighted by Crippen LogP contribution is -2.33. The third-order valence-electron chi connectivity index (χ3n) is 4.02. The van der Waals surface area contributed by atoms with Crippen molar-refractivity contribution in [3.63, 3.8) is 0 Å². The molecule has 0 saturated carbocycles. The Morgan fingerprint density at radius 2 is 1.71 bits per heavy atom. The summed E-state index contributed by atoms with van der Waals surface area (Å²) in [4.78, 5) is 4.55. The highest BCUT2D eigenvalue weighted by Crippen LogP contribution is 2.22. The molecular formula is C19H26N2. The first-order valence-electron chi connectivity index (χ1n) is 7.92. The van der Waals surface area contributed by atoms with Crippen LogP contribution in [0.25, 0.3) is 0 Å². The highest BCUT2D eigenvalue weighted by molar-refractivity contribution is 5.27. The van der Waals surface area contributed by atoms with Gasteiger partial charge in [0.2, 0.25) is 0 Å². The van der Waals surface area contributed by atoms with Crippen LogP contribution in [0.15, 0.2) is 54.7 Å². The summed E-state index contributed by atoms with van der Waals surface area (Å²) < 4.78 is 0. The molecule has 1 aromatic heterocycles. The summed E-state index contributed by atoms with van der Waals surface area (Å²) in [7, 11) is 0. The van der Waals surface area contributed by atoms with E-state index in [2.05, 4.69) is 73.5 Å². The zero-order chi connectivity index (χ0) is 15.1. The highest BCUT2D eigenvalue weighted by atomic mass is 15.0. The average Bonchev–Trinajstić information content (AvgIpc) is 2.54. The fraction of sp³-hybridized carbons (Fsp3) is 0.421. The Morgan fingerprint density at radius 1 is 1.00 bits per heavy atom. The topological polar surface area (TPSA) is 24.9 Å². The molecule has 1 aromatic carbocycles. The van der Waals surface area contributed by atoms with Gasteiger partial charge in [-0.25, -0.2) is 0 Å². The molecule has 1 heterocycles. The SMILES string of the molecule is CCC(C)CC(C)NC(c1ccccc1)c1ccccn1. The van der Waals surface area contributed by atoms with E-state index in [4.69, 9.17) is 0 Å². The van der Waals surface area contributed by atoms with Crippen LogP contribution in [-0.4, -0.2) is 11.0 Å². The number of pyridine rings is 1. The van der Waals surface area contributed by atoms with Crippen LogP contribution in [0.1, 0.15) is 50.9 Å².